The molecule has 0 aromatic heterocycles. The summed E-state index contributed by atoms with van der Waals surface area (Å²) in [4.78, 5) is 10.4. The molecule has 0 saturated heterocycles. The summed E-state index contributed by atoms with van der Waals surface area (Å²) < 4.78 is 4.77. The maximum atomic E-state index is 10.4. The van der Waals surface area contributed by atoms with Crippen LogP contribution in [-0.2, 0) is 4.79 Å². The summed E-state index contributed by atoms with van der Waals surface area (Å²) in [5, 5.41) is 0.626. The van der Waals surface area contributed by atoms with E-state index in [0.29, 0.717) is 10.8 Å². The average Bonchev–Trinajstić information content (AvgIpc) is 2.12. The zero-order chi connectivity index (χ0) is 10.3. The Balaban J connectivity index is 0.000000671. The van der Waals surface area contributed by atoms with Crippen molar-refractivity contribution in [1.82, 2.24) is 0 Å². The van der Waals surface area contributed by atoms with Crippen LogP contribution in [0, 0.1) is 0 Å². The van der Waals surface area contributed by atoms with E-state index in [1.807, 2.05) is 13.8 Å². The molecule has 0 aliphatic carbocycles. The zero-order valence-electron chi connectivity index (χ0n) is 8.00. The van der Waals surface area contributed by atoms with Crippen molar-refractivity contribution in [3.05, 3.63) is 29.3 Å². The fourth-order valence-electron chi connectivity index (χ4n) is 0.669. The molecule has 0 aliphatic heterocycles. The van der Waals surface area contributed by atoms with Crippen molar-refractivity contribution in [2.75, 3.05) is 0 Å². The maximum Gasteiger partial charge on any atom is 0.308 e. The highest BCUT2D eigenvalue weighted by molar-refractivity contribution is 6.30. The number of hydrogen-bond donors (Lipinski definition) is 0. The number of carbonyl (C=O) groups is 1. The molecule has 1 aromatic rings. The topological polar surface area (TPSA) is 26.3 Å². The highest BCUT2D eigenvalue weighted by Gasteiger charge is 1.95. The van der Waals surface area contributed by atoms with Gasteiger partial charge >= 0.3 is 5.97 Å². The molecule has 2 nitrogen and oxygen atoms in total. The molecule has 0 bridgehead atoms. The Morgan fingerprint density at radius 1 is 1.23 bits per heavy atom. The lowest BCUT2D eigenvalue weighted by molar-refractivity contribution is -0.131. The fraction of sp³-hybridized carbons (Fsp3) is 0.300. The molecule has 0 N–H and O–H groups in total. The number of carbonyl (C=O) groups excluding carboxylic acids is 1. The van der Waals surface area contributed by atoms with E-state index in [-0.39, 0.29) is 5.97 Å². The molecule has 0 saturated carbocycles. The van der Waals surface area contributed by atoms with Crippen LogP contribution in [0.2, 0.25) is 5.02 Å². The summed E-state index contributed by atoms with van der Waals surface area (Å²) in [5.41, 5.74) is 0. The molecule has 0 fully saturated rings. The molecule has 0 amide bonds. The average molecular weight is 201 g/mol. The van der Waals surface area contributed by atoms with Crippen LogP contribution in [0.5, 0.6) is 5.75 Å². The van der Waals surface area contributed by atoms with Gasteiger partial charge in [0.05, 0.1) is 0 Å². The van der Waals surface area contributed by atoms with Crippen LogP contribution in [0.3, 0.4) is 0 Å². The molecule has 0 heterocycles. The minimum absolute atomic E-state index is 0.327. The summed E-state index contributed by atoms with van der Waals surface area (Å²) in [6.07, 6.45) is 0. The van der Waals surface area contributed by atoms with E-state index >= 15 is 0 Å². The molecule has 1 rings (SSSR count). The normalized spacial score (nSPS) is 8.31. The Hall–Kier alpha value is -1.02. The van der Waals surface area contributed by atoms with E-state index in [1.165, 1.54) is 6.92 Å². The van der Waals surface area contributed by atoms with Crippen molar-refractivity contribution >= 4 is 17.6 Å². The van der Waals surface area contributed by atoms with E-state index in [9.17, 15) is 4.79 Å². The van der Waals surface area contributed by atoms with E-state index in [4.69, 9.17) is 16.3 Å². The van der Waals surface area contributed by atoms with E-state index in [0.717, 1.165) is 0 Å². The second kappa shape index (κ2) is 6.49. The van der Waals surface area contributed by atoms with Crippen molar-refractivity contribution in [2.45, 2.75) is 20.8 Å². The van der Waals surface area contributed by atoms with Crippen LogP contribution in [-0.4, -0.2) is 5.97 Å². The molecule has 3 heteroatoms. The molecule has 13 heavy (non-hydrogen) atoms. The van der Waals surface area contributed by atoms with Crippen LogP contribution >= 0.6 is 11.6 Å². The van der Waals surface area contributed by atoms with Gasteiger partial charge in [-0.05, 0) is 24.3 Å². The minimum Gasteiger partial charge on any atom is -0.427 e. The summed E-state index contributed by atoms with van der Waals surface area (Å²) >= 11 is 5.61. The molecule has 0 aliphatic rings. The lowest BCUT2D eigenvalue weighted by Gasteiger charge is -1.98. The number of esters is 1. The van der Waals surface area contributed by atoms with Crippen LogP contribution in [0.1, 0.15) is 20.8 Å². The molecule has 0 unspecified atom stereocenters. The predicted molar refractivity (Wildman–Crippen MR) is 54.1 cm³/mol. The second-order valence-corrected chi connectivity index (χ2v) is 2.48. The molecular formula is C10H13ClO2. The predicted octanol–water partition coefficient (Wildman–Crippen LogP) is 3.29. The molecular weight excluding hydrogens is 188 g/mol. The number of benzene rings is 1. The lowest BCUT2D eigenvalue weighted by Crippen LogP contribution is -2.00. The number of hydrogen-bond acceptors (Lipinski definition) is 2. The first-order valence-corrected chi connectivity index (χ1v) is 4.50. The Labute approximate surface area is 83.5 Å². The molecule has 1 aromatic carbocycles. The van der Waals surface area contributed by atoms with Gasteiger partial charge in [0.25, 0.3) is 0 Å². The lowest BCUT2D eigenvalue weighted by atomic mass is 10.3. The van der Waals surface area contributed by atoms with Gasteiger partial charge < -0.3 is 4.74 Å². The Morgan fingerprint density at radius 3 is 2.08 bits per heavy atom. The third-order valence-corrected chi connectivity index (χ3v) is 1.33. The monoisotopic (exact) mass is 200 g/mol. The van der Waals surface area contributed by atoms with Crippen LogP contribution in [0.15, 0.2) is 24.3 Å². The van der Waals surface area contributed by atoms with Crippen molar-refractivity contribution < 1.29 is 9.53 Å². The van der Waals surface area contributed by atoms with E-state index < -0.39 is 0 Å². The third-order valence-electron chi connectivity index (χ3n) is 1.08. The first-order valence-electron chi connectivity index (χ1n) is 4.12. The number of halogens is 1. The van der Waals surface area contributed by atoms with Gasteiger partial charge in [0.1, 0.15) is 5.75 Å². The summed E-state index contributed by atoms with van der Waals surface area (Å²) in [7, 11) is 0. The molecule has 0 radical (unpaired) electrons. The maximum absolute atomic E-state index is 10.4. The highest BCUT2D eigenvalue weighted by Crippen LogP contribution is 2.15. The molecule has 72 valence electrons. The Bertz CT molecular complexity index is 254. The van der Waals surface area contributed by atoms with Crippen LogP contribution in [0.4, 0.5) is 0 Å². The SMILES string of the molecule is CC.CC(=O)Oc1ccc(Cl)cc1. The van der Waals surface area contributed by atoms with Crippen molar-refractivity contribution in [3.8, 4) is 5.75 Å². The molecule has 0 spiro atoms. The zero-order valence-corrected chi connectivity index (χ0v) is 8.76. The number of rotatable bonds is 1. The summed E-state index contributed by atoms with van der Waals surface area (Å²) in [6, 6.07) is 6.62. The van der Waals surface area contributed by atoms with Gasteiger partial charge in [0.2, 0.25) is 0 Å². The van der Waals surface area contributed by atoms with Gasteiger partial charge in [-0.15, -0.1) is 0 Å². The van der Waals surface area contributed by atoms with Crippen molar-refractivity contribution in [3.63, 3.8) is 0 Å². The van der Waals surface area contributed by atoms with Gasteiger partial charge in [-0.25, -0.2) is 0 Å². The van der Waals surface area contributed by atoms with Crippen LogP contribution in [0.25, 0.3) is 0 Å². The summed E-state index contributed by atoms with van der Waals surface area (Å²) in [6.45, 7) is 5.36. The Morgan fingerprint density at radius 2 is 1.69 bits per heavy atom. The summed E-state index contributed by atoms with van der Waals surface area (Å²) in [5.74, 6) is 0.189. The first kappa shape index (κ1) is 12.0. The largest absolute Gasteiger partial charge is 0.427 e. The van der Waals surface area contributed by atoms with E-state index in [2.05, 4.69) is 0 Å². The second-order valence-electron chi connectivity index (χ2n) is 2.05. The molecule has 0 atom stereocenters. The quantitative estimate of drug-likeness (QED) is 0.514. The number of ether oxygens (including phenoxy) is 1. The van der Waals surface area contributed by atoms with Gasteiger partial charge in [0, 0.05) is 11.9 Å². The van der Waals surface area contributed by atoms with E-state index in [1.54, 1.807) is 24.3 Å². The van der Waals surface area contributed by atoms with Crippen molar-refractivity contribution in [2.24, 2.45) is 0 Å². The Kier molecular flexibility index (Phi) is 5.98. The minimum atomic E-state index is -0.327. The van der Waals surface area contributed by atoms with Gasteiger partial charge in [-0.3, -0.25) is 4.79 Å². The van der Waals surface area contributed by atoms with Gasteiger partial charge in [-0.1, -0.05) is 25.4 Å². The highest BCUT2D eigenvalue weighted by atomic mass is 35.5. The standard InChI is InChI=1S/C8H7ClO2.C2H6/c1-6(10)11-8-4-2-7(9)3-5-8;1-2/h2-5H,1H3;1-2H3. The smallest absolute Gasteiger partial charge is 0.308 e. The van der Waals surface area contributed by atoms with Gasteiger partial charge in [0.15, 0.2) is 0 Å². The first-order chi connectivity index (χ1) is 6.18. The fourth-order valence-corrected chi connectivity index (χ4v) is 0.795. The van der Waals surface area contributed by atoms with Gasteiger partial charge in [-0.2, -0.15) is 0 Å². The van der Waals surface area contributed by atoms with Crippen LogP contribution < -0.4 is 4.74 Å². The third kappa shape index (κ3) is 5.26. The van der Waals surface area contributed by atoms with Crippen molar-refractivity contribution in [1.29, 1.82) is 0 Å².